The van der Waals surface area contributed by atoms with E-state index in [9.17, 15) is 19.7 Å². The Bertz CT molecular complexity index is 619. The number of carbonyl (C=O) groups excluding carboxylic acids is 1. The summed E-state index contributed by atoms with van der Waals surface area (Å²) in [6.07, 6.45) is -0.118. The summed E-state index contributed by atoms with van der Waals surface area (Å²) in [5.74, 6) is -0.0132. The summed E-state index contributed by atoms with van der Waals surface area (Å²) < 4.78 is 0. The molecule has 1 aliphatic heterocycles. The molecule has 1 fully saturated rings. The Morgan fingerprint density at radius 1 is 1.45 bits per heavy atom. The number of benzene rings is 1. The highest BCUT2D eigenvalue weighted by molar-refractivity contribution is 7.99. The lowest BCUT2D eigenvalue weighted by Gasteiger charge is -2.34. The van der Waals surface area contributed by atoms with Gasteiger partial charge in [-0.2, -0.15) is 11.8 Å². The van der Waals surface area contributed by atoms with Crippen LogP contribution in [0.3, 0.4) is 0 Å². The van der Waals surface area contributed by atoms with Crippen LogP contribution < -0.4 is 0 Å². The van der Waals surface area contributed by atoms with E-state index in [0.717, 1.165) is 5.75 Å². The second-order valence-corrected chi connectivity index (χ2v) is 6.29. The van der Waals surface area contributed by atoms with Crippen LogP contribution in [0.1, 0.15) is 22.3 Å². The maximum Gasteiger partial charge on any atom is 0.305 e. The van der Waals surface area contributed by atoms with Crippen molar-refractivity contribution in [2.75, 3.05) is 18.1 Å². The zero-order chi connectivity index (χ0) is 16.3. The normalized spacial score (nSPS) is 18.0. The van der Waals surface area contributed by atoms with Gasteiger partial charge in [0.25, 0.3) is 11.6 Å². The van der Waals surface area contributed by atoms with Crippen LogP contribution in [-0.2, 0) is 4.79 Å². The Morgan fingerprint density at radius 3 is 2.82 bits per heavy atom. The first-order chi connectivity index (χ1) is 10.4. The summed E-state index contributed by atoms with van der Waals surface area (Å²) in [6, 6.07) is 3.85. The molecule has 0 aromatic heterocycles. The van der Waals surface area contributed by atoms with Crippen molar-refractivity contribution < 1.29 is 19.6 Å². The monoisotopic (exact) mass is 324 g/mol. The lowest BCUT2D eigenvalue weighted by Crippen LogP contribution is -2.47. The minimum atomic E-state index is -0.958. The molecule has 1 aromatic rings. The third-order valence-electron chi connectivity index (χ3n) is 3.42. The summed E-state index contributed by atoms with van der Waals surface area (Å²) in [5, 5.41) is 19.9. The highest BCUT2D eigenvalue weighted by Gasteiger charge is 2.30. The van der Waals surface area contributed by atoms with Gasteiger partial charge >= 0.3 is 5.97 Å². The predicted octanol–water partition coefficient (Wildman–Crippen LogP) is 1.94. The Morgan fingerprint density at radius 2 is 2.18 bits per heavy atom. The molecule has 1 aromatic carbocycles. The molecule has 1 heterocycles. The van der Waals surface area contributed by atoms with Crippen LogP contribution in [0, 0.1) is 17.0 Å². The first-order valence-corrected chi connectivity index (χ1v) is 7.90. The third kappa shape index (κ3) is 3.76. The van der Waals surface area contributed by atoms with Crippen molar-refractivity contribution in [2.45, 2.75) is 19.4 Å². The quantitative estimate of drug-likeness (QED) is 0.671. The molecule has 1 unspecified atom stereocenters. The van der Waals surface area contributed by atoms with Gasteiger partial charge in [0.15, 0.2) is 0 Å². The number of carboxylic acids is 1. The van der Waals surface area contributed by atoms with E-state index in [4.69, 9.17) is 5.11 Å². The van der Waals surface area contributed by atoms with Gasteiger partial charge in [-0.1, -0.05) is 0 Å². The molecule has 7 nitrogen and oxygen atoms in total. The van der Waals surface area contributed by atoms with Crippen LogP contribution in [0.2, 0.25) is 0 Å². The smallest absolute Gasteiger partial charge is 0.305 e. The summed E-state index contributed by atoms with van der Waals surface area (Å²) in [6.45, 7) is 2.13. The van der Waals surface area contributed by atoms with Gasteiger partial charge in [-0.25, -0.2) is 0 Å². The molecule has 0 aliphatic carbocycles. The molecule has 0 saturated carbocycles. The van der Waals surface area contributed by atoms with Crippen molar-refractivity contribution >= 4 is 29.3 Å². The zero-order valence-corrected chi connectivity index (χ0v) is 12.8. The van der Waals surface area contributed by atoms with E-state index >= 15 is 0 Å². The zero-order valence-electron chi connectivity index (χ0n) is 12.0. The number of nitrogens with zero attached hydrogens (tertiary/aromatic N) is 2. The fraction of sp³-hybridized carbons (Fsp3) is 0.429. The molecule has 0 spiro atoms. The van der Waals surface area contributed by atoms with Gasteiger partial charge in [0.05, 0.1) is 17.4 Å². The van der Waals surface area contributed by atoms with Gasteiger partial charge in [0.1, 0.15) is 0 Å². The summed E-state index contributed by atoms with van der Waals surface area (Å²) in [5.41, 5.74) is 0.720. The van der Waals surface area contributed by atoms with E-state index in [2.05, 4.69) is 0 Å². The van der Waals surface area contributed by atoms with Crippen LogP contribution >= 0.6 is 11.8 Å². The number of aryl methyl sites for hydroxylation is 1. The van der Waals surface area contributed by atoms with Crippen LogP contribution in [0.25, 0.3) is 0 Å². The summed E-state index contributed by atoms with van der Waals surface area (Å²) in [7, 11) is 0. The molecule has 2 rings (SSSR count). The lowest BCUT2D eigenvalue weighted by atomic mass is 10.1. The average Bonchev–Trinajstić information content (AvgIpc) is 2.45. The minimum Gasteiger partial charge on any atom is -0.481 e. The fourth-order valence-electron chi connectivity index (χ4n) is 2.45. The van der Waals surface area contributed by atoms with Crippen molar-refractivity contribution in [2.24, 2.45) is 0 Å². The molecular formula is C14H16N2O5S. The van der Waals surface area contributed by atoms with Gasteiger partial charge in [0, 0.05) is 35.7 Å². The van der Waals surface area contributed by atoms with Gasteiger partial charge < -0.3 is 10.0 Å². The minimum absolute atomic E-state index is 0.118. The van der Waals surface area contributed by atoms with Crippen LogP contribution in [0.4, 0.5) is 5.69 Å². The summed E-state index contributed by atoms with van der Waals surface area (Å²) >= 11 is 1.61. The molecule has 1 saturated heterocycles. The maximum atomic E-state index is 12.6. The van der Waals surface area contributed by atoms with Gasteiger partial charge in [-0.15, -0.1) is 0 Å². The van der Waals surface area contributed by atoms with Gasteiger partial charge in [-0.3, -0.25) is 19.7 Å². The molecule has 22 heavy (non-hydrogen) atoms. The fourth-order valence-corrected chi connectivity index (χ4v) is 3.51. The first kappa shape index (κ1) is 16.3. The number of hydrogen-bond acceptors (Lipinski definition) is 5. The van der Waals surface area contributed by atoms with E-state index in [-0.39, 0.29) is 29.6 Å². The van der Waals surface area contributed by atoms with Crippen molar-refractivity contribution in [3.8, 4) is 0 Å². The second kappa shape index (κ2) is 6.78. The standard InChI is InChI=1S/C14H16N2O5S/c1-9-4-10(6-11(5-9)16(20)21)14(19)15-2-3-22-8-12(15)7-13(17)18/h4-6,12H,2-3,7-8H2,1H3,(H,17,18). The second-order valence-electron chi connectivity index (χ2n) is 5.14. The number of aliphatic carboxylic acids is 1. The lowest BCUT2D eigenvalue weighted by molar-refractivity contribution is -0.384. The molecule has 0 bridgehead atoms. The molecule has 1 atom stereocenters. The predicted molar refractivity (Wildman–Crippen MR) is 82.2 cm³/mol. The van der Waals surface area contributed by atoms with Gasteiger partial charge in [0.2, 0.25) is 0 Å². The molecule has 1 aliphatic rings. The number of hydrogen-bond donors (Lipinski definition) is 1. The van der Waals surface area contributed by atoms with Crippen molar-refractivity contribution in [3.63, 3.8) is 0 Å². The Labute approximate surface area is 131 Å². The highest BCUT2D eigenvalue weighted by Crippen LogP contribution is 2.24. The van der Waals surface area contributed by atoms with Crippen molar-refractivity contribution in [1.29, 1.82) is 0 Å². The number of rotatable bonds is 4. The van der Waals surface area contributed by atoms with Crippen LogP contribution in [-0.4, -0.2) is 50.9 Å². The Balaban J connectivity index is 2.29. The third-order valence-corrected chi connectivity index (χ3v) is 4.51. The number of carboxylic acid groups (broad SMARTS) is 1. The van der Waals surface area contributed by atoms with E-state index in [0.29, 0.717) is 17.9 Å². The molecular weight excluding hydrogens is 308 g/mol. The van der Waals surface area contributed by atoms with Crippen LogP contribution in [0.5, 0.6) is 0 Å². The number of carbonyl (C=O) groups is 2. The summed E-state index contributed by atoms with van der Waals surface area (Å²) in [4.78, 5) is 35.4. The number of amides is 1. The molecule has 0 radical (unpaired) electrons. The van der Waals surface area contributed by atoms with Crippen molar-refractivity contribution in [1.82, 2.24) is 4.90 Å². The maximum absolute atomic E-state index is 12.6. The molecule has 8 heteroatoms. The van der Waals surface area contributed by atoms with E-state index in [1.165, 1.54) is 17.0 Å². The molecule has 118 valence electrons. The van der Waals surface area contributed by atoms with Crippen LogP contribution in [0.15, 0.2) is 18.2 Å². The van der Waals surface area contributed by atoms with E-state index in [1.807, 2.05) is 0 Å². The number of nitro benzene ring substituents is 1. The van der Waals surface area contributed by atoms with E-state index in [1.54, 1.807) is 24.8 Å². The Hall–Kier alpha value is -2.09. The molecule has 1 N–H and O–H groups in total. The number of non-ortho nitro benzene ring substituents is 1. The largest absolute Gasteiger partial charge is 0.481 e. The number of nitro groups is 1. The van der Waals surface area contributed by atoms with Crippen molar-refractivity contribution in [3.05, 3.63) is 39.4 Å². The topological polar surface area (TPSA) is 101 Å². The first-order valence-electron chi connectivity index (χ1n) is 6.75. The van der Waals surface area contributed by atoms with E-state index < -0.39 is 10.9 Å². The Kier molecular flexibility index (Phi) is 5.02. The SMILES string of the molecule is Cc1cc(C(=O)N2CCSCC2CC(=O)O)cc([N+](=O)[O-])c1. The number of thioether (sulfide) groups is 1. The average molecular weight is 324 g/mol. The van der Waals surface area contributed by atoms with Gasteiger partial charge in [-0.05, 0) is 18.6 Å². The highest BCUT2D eigenvalue weighted by atomic mass is 32.2. The molecule has 1 amide bonds.